The van der Waals surface area contributed by atoms with E-state index in [4.69, 9.17) is 4.42 Å². The first kappa shape index (κ1) is 14.1. The van der Waals surface area contributed by atoms with Crippen molar-refractivity contribution in [3.05, 3.63) is 51.0 Å². The van der Waals surface area contributed by atoms with Crippen LogP contribution in [0.5, 0.6) is 0 Å². The lowest BCUT2D eigenvalue weighted by Crippen LogP contribution is -2.14. The number of nitrogens with one attached hydrogen (secondary N) is 1. The molecule has 3 rings (SSSR count). The van der Waals surface area contributed by atoms with E-state index in [9.17, 15) is 4.79 Å². The number of aromatic nitrogens is 2. The Labute approximate surface area is 130 Å². The maximum absolute atomic E-state index is 12.1. The van der Waals surface area contributed by atoms with E-state index in [-0.39, 0.29) is 5.56 Å². The number of hydrogen-bond acceptors (Lipinski definition) is 3. The molecular formula is C16H15BrN2O2. The lowest BCUT2D eigenvalue weighted by Gasteiger charge is -2.08. The van der Waals surface area contributed by atoms with Crippen LogP contribution in [0.15, 0.2) is 44.2 Å². The minimum Gasteiger partial charge on any atom is -0.464 e. The van der Waals surface area contributed by atoms with Crippen LogP contribution in [-0.4, -0.2) is 9.97 Å². The molecule has 0 aliphatic rings. The van der Waals surface area contributed by atoms with Crippen molar-refractivity contribution in [2.75, 3.05) is 0 Å². The number of fused-ring (bicyclic) bond motifs is 1. The van der Waals surface area contributed by atoms with Crippen molar-refractivity contribution in [3.8, 4) is 11.4 Å². The Morgan fingerprint density at radius 3 is 2.86 bits per heavy atom. The van der Waals surface area contributed by atoms with E-state index >= 15 is 0 Å². The van der Waals surface area contributed by atoms with Crippen LogP contribution in [0.3, 0.4) is 0 Å². The molecule has 3 aromatic rings. The fraction of sp³-hybridized carbons (Fsp3) is 0.250. The summed E-state index contributed by atoms with van der Waals surface area (Å²) in [7, 11) is 0. The first-order chi connectivity index (χ1) is 10.1. The zero-order valence-corrected chi connectivity index (χ0v) is 13.4. The smallest absolute Gasteiger partial charge is 0.265 e. The largest absolute Gasteiger partial charge is 0.464 e. The summed E-state index contributed by atoms with van der Waals surface area (Å²) in [6, 6.07) is 7.70. The van der Waals surface area contributed by atoms with E-state index in [0.29, 0.717) is 16.2 Å². The van der Waals surface area contributed by atoms with Crippen LogP contribution in [0.4, 0.5) is 0 Å². The van der Waals surface area contributed by atoms with Crippen molar-refractivity contribution in [1.82, 2.24) is 9.97 Å². The number of aromatic amines is 1. The van der Waals surface area contributed by atoms with Crippen LogP contribution in [0.2, 0.25) is 0 Å². The molecule has 0 saturated carbocycles. The Morgan fingerprint density at radius 2 is 2.10 bits per heavy atom. The SMILES string of the molecule is CC(C)Cc1nc(-c2coc3ccccc23)[nH]c(=O)c1Br. The first-order valence-electron chi connectivity index (χ1n) is 6.81. The predicted octanol–water partition coefficient (Wildman–Crippen LogP) is 4.14. The number of rotatable bonds is 3. The summed E-state index contributed by atoms with van der Waals surface area (Å²) in [6.45, 7) is 4.20. The van der Waals surface area contributed by atoms with Crippen LogP contribution < -0.4 is 5.56 Å². The molecule has 0 amide bonds. The van der Waals surface area contributed by atoms with Crippen LogP contribution in [0, 0.1) is 5.92 Å². The van der Waals surface area contributed by atoms with Gasteiger partial charge in [-0.3, -0.25) is 4.79 Å². The summed E-state index contributed by atoms with van der Waals surface area (Å²) in [5, 5.41) is 0.943. The third kappa shape index (κ3) is 2.65. The topological polar surface area (TPSA) is 58.9 Å². The normalized spacial score (nSPS) is 11.4. The standard InChI is InChI=1S/C16H15BrN2O2/c1-9(2)7-12-14(17)16(20)19-15(18-12)11-8-21-13-6-4-3-5-10(11)13/h3-6,8-9H,7H2,1-2H3,(H,18,19,20). The molecule has 1 aromatic carbocycles. The monoisotopic (exact) mass is 346 g/mol. The molecule has 0 aliphatic heterocycles. The van der Waals surface area contributed by atoms with Gasteiger partial charge < -0.3 is 9.40 Å². The van der Waals surface area contributed by atoms with E-state index in [1.165, 1.54) is 0 Å². The van der Waals surface area contributed by atoms with Gasteiger partial charge in [-0.15, -0.1) is 0 Å². The number of benzene rings is 1. The first-order valence-corrected chi connectivity index (χ1v) is 7.61. The van der Waals surface area contributed by atoms with Crippen LogP contribution in [0.1, 0.15) is 19.5 Å². The van der Waals surface area contributed by atoms with E-state index in [1.807, 2.05) is 24.3 Å². The Balaban J connectivity index is 2.18. The lowest BCUT2D eigenvalue weighted by molar-refractivity contribution is 0.616. The fourth-order valence-corrected chi connectivity index (χ4v) is 2.67. The van der Waals surface area contributed by atoms with E-state index in [0.717, 1.165) is 28.6 Å². The Morgan fingerprint density at radius 1 is 1.33 bits per heavy atom. The zero-order valence-electron chi connectivity index (χ0n) is 11.8. The number of halogens is 1. The van der Waals surface area contributed by atoms with Crippen LogP contribution in [0.25, 0.3) is 22.4 Å². The minimum atomic E-state index is -0.166. The average Bonchev–Trinajstić information content (AvgIpc) is 2.87. The second-order valence-electron chi connectivity index (χ2n) is 5.42. The van der Waals surface area contributed by atoms with Gasteiger partial charge in [-0.25, -0.2) is 4.98 Å². The van der Waals surface area contributed by atoms with Gasteiger partial charge in [-0.05, 0) is 34.3 Å². The second kappa shape index (κ2) is 5.48. The van der Waals surface area contributed by atoms with Crippen molar-refractivity contribution in [1.29, 1.82) is 0 Å². The second-order valence-corrected chi connectivity index (χ2v) is 6.21. The highest BCUT2D eigenvalue weighted by Gasteiger charge is 2.15. The third-order valence-corrected chi connectivity index (χ3v) is 4.09. The van der Waals surface area contributed by atoms with Crippen molar-refractivity contribution in [2.45, 2.75) is 20.3 Å². The molecule has 2 aromatic heterocycles. The molecule has 108 valence electrons. The molecule has 0 aliphatic carbocycles. The highest BCUT2D eigenvalue weighted by molar-refractivity contribution is 9.10. The Kier molecular flexibility index (Phi) is 3.68. The van der Waals surface area contributed by atoms with Gasteiger partial charge in [0.15, 0.2) is 0 Å². The molecule has 5 heteroatoms. The van der Waals surface area contributed by atoms with Crippen molar-refractivity contribution in [3.63, 3.8) is 0 Å². The molecule has 2 heterocycles. The lowest BCUT2D eigenvalue weighted by atomic mass is 10.1. The molecule has 0 radical (unpaired) electrons. The Bertz CT molecular complexity index is 849. The summed E-state index contributed by atoms with van der Waals surface area (Å²) in [6.07, 6.45) is 2.38. The van der Waals surface area contributed by atoms with Crippen LogP contribution >= 0.6 is 15.9 Å². The number of para-hydroxylation sites is 1. The molecule has 0 bridgehead atoms. The quantitative estimate of drug-likeness (QED) is 0.775. The summed E-state index contributed by atoms with van der Waals surface area (Å²) in [5.41, 5.74) is 2.19. The zero-order chi connectivity index (χ0) is 15.0. The van der Waals surface area contributed by atoms with Crippen LogP contribution in [-0.2, 0) is 6.42 Å². The summed E-state index contributed by atoms with van der Waals surface area (Å²) >= 11 is 3.33. The number of nitrogens with zero attached hydrogens (tertiary/aromatic N) is 1. The predicted molar refractivity (Wildman–Crippen MR) is 86.3 cm³/mol. The number of furan rings is 1. The van der Waals surface area contributed by atoms with E-state index in [1.54, 1.807) is 6.26 Å². The number of H-pyrrole nitrogens is 1. The fourth-order valence-electron chi connectivity index (χ4n) is 2.32. The summed E-state index contributed by atoms with van der Waals surface area (Å²) < 4.78 is 6.03. The highest BCUT2D eigenvalue weighted by atomic mass is 79.9. The van der Waals surface area contributed by atoms with Gasteiger partial charge in [0.1, 0.15) is 22.1 Å². The van der Waals surface area contributed by atoms with E-state index in [2.05, 4.69) is 39.7 Å². The van der Waals surface area contributed by atoms with Crippen molar-refractivity contribution >= 4 is 26.9 Å². The van der Waals surface area contributed by atoms with Gasteiger partial charge in [0.2, 0.25) is 0 Å². The van der Waals surface area contributed by atoms with E-state index < -0.39 is 0 Å². The van der Waals surface area contributed by atoms with Crippen molar-refractivity contribution in [2.24, 2.45) is 5.92 Å². The summed E-state index contributed by atoms with van der Waals surface area (Å²) in [4.78, 5) is 19.5. The molecule has 0 spiro atoms. The van der Waals surface area contributed by atoms with Gasteiger partial charge in [-0.1, -0.05) is 32.0 Å². The van der Waals surface area contributed by atoms with Gasteiger partial charge in [-0.2, -0.15) is 0 Å². The molecule has 1 N–H and O–H groups in total. The molecule has 0 fully saturated rings. The number of hydrogen-bond donors (Lipinski definition) is 1. The molecular weight excluding hydrogens is 332 g/mol. The van der Waals surface area contributed by atoms with Gasteiger partial charge in [0.25, 0.3) is 5.56 Å². The van der Waals surface area contributed by atoms with Gasteiger partial charge in [0.05, 0.1) is 11.3 Å². The molecule has 0 saturated heterocycles. The highest BCUT2D eigenvalue weighted by Crippen LogP contribution is 2.28. The molecule has 0 atom stereocenters. The van der Waals surface area contributed by atoms with Gasteiger partial charge >= 0.3 is 0 Å². The Hall–Kier alpha value is -1.88. The molecule has 21 heavy (non-hydrogen) atoms. The van der Waals surface area contributed by atoms with Gasteiger partial charge in [0, 0.05) is 5.39 Å². The maximum Gasteiger partial charge on any atom is 0.265 e. The molecule has 0 unspecified atom stereocenters. The minimum absolute atomic E-state index is 0.166. The van der Waals surface area contributed by atoms with Crippen molar-refractivity contribution < 1.29 is 4.42 Å². The molecule has 4 nitrogen and oxygen atoms in total. The average molecular weight is 347 g/mol. The maximum atomic E-state index is 12.1. The third-order valence-electron chi connectivity index (χ3n) is 3.27. The summed E-state index contributed by atoms with van der Waals surface area (Å²) in [5.74, 6) is 0.966.